The SMILES string of the molecule is Cc1cc(-c2cc(N)on2)c(C)n1C1CC1. The molecule has 0 amide bonds. The van der Waals surface area contributed by atoms with Crippen molar-refractivity contribution in [3.63, 3.8) is 0 Å². The standard InChI is InChI=1S/C12H15N3O/c1-7-5-10(11-6-12(13)16-14-11)8(2)15(7)9-3-4-9/h5-6,9H,3-4,13H2,1-2H3. The highest BCUT2D eigenvalue weighted by Crippen LogP contribution is 2.40. The van der Waals surface area contributed by atoms with Crippen LogP contribution in [-0.2, 0) is 0 Å². The van der Waals surface area contributed by atoms with Gasteiger partial charge in [0.1, 0.15) is 5.69 Å². The molecule has 4 heteroatoms. The van der Waals surface area contributed by atoms with Gasteiger partial charge in [-0.15, -0.1) is 0 Å². The Kier molecular flexibility index (Phi) is 1.87. The Labute approximate surface area is 94.0 Å². The molecule has 2 heterocycles. The molecule has 0 spiro atoms. The molecule has 84 valence electrons. The van der Waals surface area contributed by atoms with Crippen LogP contribution in [0.25, 0.3) is 11.3 Å². The zero-order chi connectivity index (χ0) is 11.3. The minimum atomic E-state index is 0.367. The fourth-order valence-corrected chi connectivity index (χ4v) is 2.35. The summed E-state index contributed by atoms with van der Waals surface area (Å²) in [7, 11) is 0. The quantitative estimate of drug-likeness (QED) is 0.841. The highest BCUT2D eigenvalue weighted by molar-refractivity contribution is 5.65. The van der Waals surface area contributed by atoms with E-state index in [-0.39, 0.29) is 0 Å². The molecule has 2 aromatic heterocycles. The summed E-state index contributed by atoms with van der Waals surface area (Å²) in [5.74, 6) is 0.367. The van der Waals surface area contributed by atoms with E-state index in [2.05, 4.69) is 29.6 Å². The smallest absolute Gasteiger partial charge is 0.222 e. The summed E-state index contributed by atoms with van der Waals surface area (Å²) in [6.45, 7) is 4.27. The second kappa shape index (κ2) is 3.14. The predicted octanol–water partition coefficient (Wildman–Crippen LogP) is 2.68. The lowest BCUT2D eigenvalue weighted by molar-refractivity contribution is 0.439. The van der Waals surface area contributed by atoms with Crippen LogP contribution in [0.2, 0.25) is 0 Å². The molecule has 1 aliphatic rings. The summed E-state index contributed by atoms with van der Waals surface area (Å²) >= 11 is 0. The van der Waals surface area contributed by atoms with Crippen molar-refractivity contribution in [1.82, 2.24) is 9.72 Å². The van der Waals surface area contributed by atoms with Crippen LogP contribution in [0.4, 0.5) is 5.88 Å². The van der Waals surface area contributed by atoms with E-state index in [4.69, 9.17) is 10.3 Å². The first-order chi connectivity index (χ1) is 7.66. The van der Waals surface area contributed by atoms with E-state index in [0.29, 0.717) is 11.9 Å². The molecule has 3 rings (SSSR count). The molecule has 0 unspecified atom stereocenters. The lowest BCUT2D eigenvalue weighted by Crippen LogP contribution is -1.98. The fraction of sp³-hybridized carbons (Fsp3) is 0.417. The van der Waals surface area contributed by atoms with Crippen molar-refractivity contribution in [2.45, 2.75) is 32.7 Å². The van der Waals surface area contributed by atoms with Crippen LogP contribution in [-0.4, -0.2) is 9.72 Å². The maximum absolute atomic E-state index is 5.55. The average Bonchev–Trinajstić information content (AvgIpc) is 2.90. The number of nitrogens with zero attached hydrogens (tertiary/aromatic N) is 2. The van der Waals surface area contributed by atoms with E-state index in [1.807, 2.05) is 0 Å². The molecule has 2 aromatic rings. The van der Waals surface area contributed by atoms with Gasteiger partial charge >= 0.3 is 0 Å². The number of hydrogen-bond acceptors (Lipinski definition) is 3. The average molecular weight is 217 g/mol. The number of nitrogens with two attached hydrogens (primary N) is 1. The Balaban J connectivity index is 2.11. The maximum Gasteiger partial charge on any atom is 0.222 e. The molecule has 0 radical (unpaired) electrons. The molecule has 1 fully saturated rings. The van der Waals surface area contributed by atoms with Crippen LogP contribution in [0.15, 0.2) is 16.7 Å². The highest BCUT2D eigenvalue weighted by Gasteiger charge is 2.27. The first-order valence-electron chi connectivity index (χ1n) is 5.58. The largest absolute Gasteiger partial charge is 0.368 e. The van der Waals surface area contributed by atoms with Crippen molar-refractivity contribution < 1.29 is 4.52 Å². The molecule has 0 aliphatic heterocycles. The number of rotatable bonds is 2. The molecule has 0 bridgehead atoms. The monoisotopic (exact) mass is 217 g/mol. The van der Waals surface area contributed by atoms with E-state index < -0.39 is 0 Å². The van der Waals surface area contributed by atoms with Gasteiger partial charge in [0, 0.05) is 29.1 Å². The summed E-state index contributed by atoms with van der Waals surface area (Å²) in [5.41, 5.74) is 10.1. The molecule has 0 atom stereocenters. The van der Waals surface area contributed by atoms with Crippen LogP contribution < -0.4 is 5.73 Å². The maximum atomic E-state index is 5.55. The van der Waals surface area contributed by atoms with Gasteiger partial charge in [-0.05, 0) is 32.8 Å². The normalized spacial score (nSPS) is 15.6. The highest BCUT2D eigenvalue weighted by atomic mass is 16.5. The van der Waals surface area contributed by atoms with E-state index in [1.54, 1.807) is 6.07 Å². The van der Waals surface area contributed by atoms with Crippen molar-refractivity contribution in [2.75, 3.05) is 5.73 Å². The van der Waals surface area contributed by atoms with Crippen molar-refractivity contribution in [3.8, 4) is 11.3 Å². The second-order valence-corrected chi connectivity index (χ2v) is 4.50. The fourth-order valence-electron chi connectivity index (χ4n) is 2.35. The van der Waals surface area contributed by atoms with Gasteiger partial charge in [-0.25, -0.2) is 0 Å². The van der Waals surface area contributed by atoms with Gasteiger partial charge in [0.2, 0.25) is 5.88 Å². The lowest BCUT2D eigenvalue weighted by atomic mass is 10.2. The van der Waals surface area contributed by atoms with E-state index in [1.165, 1.54) is 24.2 Å². The van der Waals surface area contributed by atoms with Crippen molar-refractivity contribution in [3.05, 3.63) is 23.5 Å². The van der Waals surface area contributed by atoms with Gasteiger partial charge < -0.3 is 14.8 Å². The Morgan fingerprint density at radius 1 is 1.38 bits per heavy atom. The van der Waals surface area contributed by atoms with Gasteiger partial charge in [-0.2, -0.15) is 0 Å². The molecule has 16 heavy (non-hydrogen) atoms. The van der Waals surface area contributed by atoms with Gasteiger partial charge in [0.05, 0.1) is 0 Å². The van der Waals surface area contributed by atoms with Crippen molar-refractivity contribution >= 4 is 5.88 Å². The van der Waals surface area contributed by atoms with Gasteiger partial charge in [-0.1, -0.05) is 5.16 Å². The van der Waals surface area contributed by atoms with Crippen LogP contribution >= 0.6 is 0 Å². The Morgan fingerprint density at radius 2 is 2.12 bits per heavy atom. The van der Waals surface area contributed by atoms with Crippen molar-refractivity contribution in [1.29, 1.82) is 0 Å². The molecular formula is C12H15N3O. The van der Waals surface area contributed by atoms with E-state index >= 15 is 0 Å². The third-order valence-corrected chi connectivity index (χ3v) is 3.20. The summed E-state index contributed by atoms with van der Waals surface area (Å²) in [6, 6.07) is 4.63. The molecule has 0 aromatic carbocycles. The number of hydrogen-bond donors (Lipinski definition) is 1. The Bertz CT molecular complexity index is 534. The summed E-state index contributed by atoms with van der Waals surface area (Å²) in [4.78, 5) is 0. The zero-order valence-corrected chi connectivity index (χ0v) is 9.53. The van der Waals surface area contributed by atoms with E-state index in [0.717, 1.165) is 11.3 Å². The van der Waals surface area contributed by atoms with Gasteiger partial charge in [0.15, 0.2) is 0 Å². The summed E-state index contributed by atoms with van der Waals surface area (Å²) < 4.78 is 7.31. The van der Waals surface area contributed by atoms with Crippen molar-refractivity contribution in [2.24, 2.45) is 0 Å². The number of nitrogen functional groups attached to an aromatic ring is 1. The van der Waals surface area contributed by atoms with E-state index in [9.17, 15) is 0 Å². The third kappa shape index (κ3) is 1.33. The minimum Gasteiger partial charge on any atom is -0.368 e. The molecule has 1 saturated carbocycles. The second-order valence-electron chi connectivity index (χ2n) is 4.50. The van der Waals surface area contributed by atoms with Crippen LogP contribution in [0.1, 0.15) is 30.3 Å². The number of aromatic nitrogens is 2. The molecule has 1 aliphatic carbocycles. The molecule has 2 N–H and O–H groups in total. The van der Waals surface area contributed by atoms with Crippen LogP contribution in [0.3, 0.4) is 0 Å². The van der Waals surface area contributed by atoms with Gasteiger partial charge in [-0.3, -0.25) is 0 Å². The predicted molar refractivity (Wildman–Crippen MR) is 62.1 cm³/mol. The lowest BCUT2D eigenvalue weighted by Gasteiger charge is -2.06. The van der Waals surface area contributed by atoms with Crippen LogP contribution in [0, 0.1) is 13.8 Å². The molecule has 0 saturated heterocycles. The minimum absolute atomic E-state index is 0.367. The third-order valence-electron chi connectivity index (χ3n) is 3.20. The summed E-state index contributed by atoms with van der Waals surface area (Å²) in [6.07, 6.45) is 2.58. The summed E-state index contributed by atoms with van der Waals surface area (Å²) in [5, 5.41) is 3.97. The topological polar surface area (TPSA) is 57.0 Å². The molecule has 4 nitrogen and oxygen atoms in total. The number of anilines is 1. The first-order valence-corrected chi connectivity index (χ1v) is 5.58. The first kappa shape index (κ1) is 9.51. The van der Waals surface area contributed by atoms with Crippen LogP contribution in [0.5, 0.6) is 0 Å². The number of aryl methyl sites for hydroxylation is 1. The Hall–Kier alpha value is -1.71. The Morgan fingerprint density at radius 3 is 2.69 bits per heavy atom. The molecular weight excluding hydrogens is 202 g/mol. The zero-order valence-electron chi connectivity index (χ0n) is 9.53. The van der Waals surface area contributed by atoms with Gasteiger partial charge in [0.25, 0.3) is 0 Å².